The molecule has 1 amide bonds. The number of carbonyl (C=O) groups excluding carboxylic acids is 1. The summed E-state index contributed by atoms with van der Waals surface area (Å²) >= 11 is 1.24. The van der Waals surface area contributed by atoms with Crippen LogP contribution in [-0.2, 0) is 14.8 Å². The number of hydrogen-bond donors (Lipinski definition) is 1. The first-order chi connectivity index (χ1) is 12.9. The minimum Gasteiger partial charge on any atom is -0.353 e. The lowest BCUT2D eigenvalue weighted by molar-refractivity contribution is -0.119. The number of fused-ring (bicyclic) bond motifs is 1. The van der Waals surface area contributed by atoms with E-state index in [1.165, 1.54) is 28.3 Å². The van der Waals surface area contributed by atoms with Crippen molar-refractivity contribution in [2.75, 3.05) is 18.8 Å². The van der Waals surface area contributed by atoms with E-state index in [0.29, 0.717) is 23.9 Å². The average molecular weight is 414 g/mol. The summed E-state index contributed by atoms with van der Waals surface area (Å²) in [5.41, 5.74) is 0.538. The quantitative estimate of drug-likeness (QED) is 0.600. The second-order valence-electron chi connectivity index (χ2n) is 6.03. The molecule has 8 nitrogen and oxygen atoms in total. The Kier molecular flexibility index (Phi) is 7.63. The van der Waals surface area contributed by atoms with Crippen LogP contribution in [-0.4, -0.2) is 58.1 Å². The molecule has 0 atom stereocenters. The Labute approximate surface area is 164 Å². The minimum absolute atomic E-state index is 0.0719. The molecule has 0 unspecified atom stereocenters. The summed E-state index contributed by atoms with van der Waals surface area (Å²) < 4.78 is 28.5. The largest absolute Gasteiger partial charge is 0.353 e. The molecule has 0 aromatic carbocycles. The van der Waals surface area contributed by atoms with E-state index in [9.17, 15) is 13.2 Å². The van der Waals surface area contributed by atoms with E-state index in [1.807, 2.05) is 13.8 Å². The SMILES string of the molecule is CCC(CC)NC(=O)CSc1nnc2ccc(S(=O)(=O)N(CC)CC)cn12. The molecule has 0 aliphatic rings. The molecular weight excluding hydrogens is 386 g/mol. The van der Waals surface area contributed by atoms with E-state index >= 15 is 0 Å². The van der Waals surface area contributed by atoms with Crippen LogP contribution < -0.4 is 5.32 Å². The summed E-state index contributed by atoms with van der Waals surface area (Å²) in [5, 5.41) is 11.6. The van der Waals surface area contributed by atoms with Crippen LogP contribution in [0.2, 0.25) is 0 Å². The van der Waals surface area contributed by atoms with E-state index in [-0.39, 0.29) is 22.6 Å². The maximum absolute atomic E-state index is 12.7. The van der Waals surface area contributed by atoms with Crippen molar-refractivity contribution in [3.8, 4) is 0 Å². The highest BCUT2D eigenvalue weighted by Crippen LogP contribution is 2.21. The van der Waals surface area contributed by atoms with Gasteiger partial charge in [0.2, 0.25) is 15.9 Å². The number of nitrogens with zero attached hydrogens (tertiary/aromatic N) is 4. The second-order valence-corrected chi connectivity index (χ2v) is 8.91. The third kappa shape index (κ3) is 4.99. The highest BCUT2D eigenvalue weighted by molar-refractivity contribution is 7.99. The minimum atomic E-state index is -3.57. The highest BCUT2D eigenvalue weighted by atomic mass is 32.2. The van der Waals surface area contributed by atoms with Crippen molar-refractivity contribution in [1.82, 2.24) is 24.2 Å². The third-order valence-electron chi connectivity index (χ3n) is 4.37. The van der Waals surface area contributed by atoms with Gasteiger partial charge in [0.15, 0.2) is 10.8 Å². The van der Waals surface area contributed by atoms with Crippen LogP contribution in [0.1, 0.15) is 40.5 Å². The van der Waals surface area contributed by atoms with Gasteiger partial charge in [0.05, 0.1) is 10.6 Å². The van der Waals surface area contributed by atoms with Crippen LogP contribution in [0.15, 0.2) is 28.4 Å². The van der Waals surface area contributed by atoms with Gasteiger partial charge in [-0.1, -0.05) is 39.5 Å². The molecular formula is C17H27N5O3S2. The Morgan fingerprint density at radius 2 is 1.85 bits per heavy atom. The molecule has 0 aliphatic carbocycles. The van der Waals surface area contributed by atoms with Crippen molar-refractivity contribution < 1.29 is 13.2 Å². The van der Waals surface area contributed by atoms with E-state index in [2.05, 4.69) is 15.5 Å². The van der Waals surface area contributed by atoms with Crippen molar-refractivity contribution >= 4 is 33.3 Å². The lowest BCUT2D eigenvalue weighted by Gasteiger charge is -2.18. The average Bonchev–Trinajstić information content (AvgIpc) is 3.07. The Balaban J connectivity index is 2.21. The van der Waals surface area contributed by atoms with Gasteiger partial charge in [-0.3, -0.25) is 9.20 Å². The van der Waals surface area contributed by atoms with Crippen molar-refractivity contribution in [3.05, 3.63) is 18.3 Å². The lowest BCUT2D eigenvalue weighted by atomic mass is 10.2. The Morgan fingerprint density at radius 1 is 1.19 bits per heavy atom. The standard InChI is InChI=1S/C17H27N5O3S2/c1-5-13(6-2)18-16(23)12-26-17-20-19-15-10-9-14(11-22(15)17)27(24,25)21(7-3)8-4/h9-11,13H,5-8,12H2,1-4H3,(H,18,23). The zero-order valence-electron chi connectivity index (χ0n) is 16.2. The summed E-state index contributed by atoms with van der Waals surface area (Å²) in [7, 11) is -3.57. The number of pyridine rings is 1. The maximum Gasteiger partial charge on any atom is 0.244 e. The van der Waals surface area contributed by atoms with Crippen molar-refractivity contribution in [1.29, 1.82) is 0 Å². The molecule has 2 rings (SSSR count). The van der Waals surface area contributed by atoms with Crippen LogP contribution in [0, 0.1) is 0 Å². The van der Waals surface area contributed by atoms with Gasteiger partial charge in [0.25, 0.3) is 0 Å². The fraction of sp³-hybridized carbons (Fsp3) is 0.588. The third-order valence-corrected chi connectivity index (χ3v) is 7.35. The number of nitrogens with one attached hydrogen (secondary N) is 1. The van der Waals surface area contributed by atoms with Crippen LogP contribution in [0.5, 0.6) is 0 Å². The molecule has 0 saturated heterocycles. The zero-order chi connectivity index (χ0) is 20.0. The van der Waals surface area contributed by atoms with Gasteiger partial charge in [0, 0.05) is 25.3 Å². The molecule has 0 radical (unpaired) electrons. The van der Waals surface area contributed by atoms with Crippen LogP contribution in [0.4, 0.5) is 0 Å². The molecule has 0 spiro atoms. The highest BCUT2D eigenvalue weighted by Gasteiger charge is 2.23. The van der Waals surface area contributed by atoms with Gasteiger partial charge < -0.3 is 5.32 Å². The Morgan fingerprint density at radius 3 is 2.44 bits per heavy atom. The van der Waals surface area contributed by atoms with Gasteiger partial charge in [0.1, 0.15) is 0 Å². The molecule has 0 aliphatic heterocycles. The first-order valence-electron chi connectivity index (χ1n) is 9.14. The molecule has 2 heterocycles. The Hall–Kier alpha value is -1.65. The molecule has 10 heteroatoms. The maximum atomic E-state index is 12.7. The molecule has 150 valence electrons. The predicted octanol–water partition coefficient (Wildman–Crippen LogP) is 2.16. The Bertz CT molecular complexity index is 874. The second kappa shape index (κ2) is 9.52. The summed E-state index contributed by atoms with van der Waals surface area (Å²) in [6, 6.07) is 3.32. The molecule has 0 fully saturated rings. The van der Waals surface area contributed by atoms with Gasteiger partial charge in [-0.15, -0.1) is 10.2 Å². The fourth-order valence-corrected chi connectivity index (χ4v) is 4.89. The molecule has 0 bridgehead atoms. The summed E-state index contributed by atoms with van der Waals surface area (Å²) in [6.45, 7) is 8.47. The van der Waals surface area contributed by atoms with Crippen LogP contribution in [0.25, 0.3) is 5.65 Å². The fourth-order valence-electron chi connectivity index (χ4n) is 2.71. The number of aromatic nitrogens is 3. The summed E-state index contributed by atoms with van der Waals surface area (Å²) in [6.07, 6.45) is 3.28. The number of amides is 1. The van der Waals surface area contributed by atoms with Gasteiger partial charge in [-0.05, 0) is 25.0 Å². The van der Waals surface area contributed by atoms with Crippen molar-refractivity contribution in [2.45, 2.75) is 56.6 Å². The van der Waals surface area contributed by atoms with Crippen LogP contribution >= 0.6 is 11.8 Å². The molecule has 27 heavy (non-hydrogen) atoms. The number of hydrogen-bond acceptors (Lipinski definition) is 6. The predicted molar refractivity (Wildman–Crippen MR) is 106 cm³/mol. The lowest BCUT2D eigenvalue weighted by Crippen LogP contribution is -2.35. The normalized spacial score (nSPS) is 12.2. The summed E-state index contributed by atoms with van der Waals surface area (Å²) in [4.78, 5) is 12.3. The monoisotopic (exact) mass is 413 g/mol. The van der Waals surface area contributed by atoms with Crippen molar-refractivity contribution in [3.63, 3.8) is 0 Å². The van der Waals surface area contributed by atoms with Gasteiger partial charge >= 0.3 is 0 Å². The number of sulfonamides is 1. The van der Waals surface area contributed by atoms with E-state index in [0.717, 1.165) is 12.8 Å². The molecule has 2 aromatic rings. The number of rotatable bonds is 10. The van der Waals surface area contributed by atoms with Gasteiger partial charge in [-0.25, -0.2) is 8.42 Å². The number of carbonyl (C=O) groups is 1. The zero-order valence-corrected chi connectivity index (χ0v) is 17.8. The topological polar surface area (TPSA) is 96.7 Å². The molecule has 2 aromatic heterocycles. The molecule has 1 N–H and O–H groups in total. The first-order valence-corrected chi connectivity index (χ1v) is 11.6. The molecule has 0 saturated carbocycles. The van der Waals surface area contributed by atoms with Gasteiger partial charge in [-0.2, -0.15) is 4.31 Å². The van der Waals surface area contributed by atoms with E-state index < -0.39 is 10.0 Å². The van der Waals surface area contributed by atoms with E-state index in [4.69, 9.17) is 0 Å². The summed E-state index contributed by atoms with van der Waals surface area (Å²) in [5.74, 6) is 0.127. The van der Waals surface area contributed by atoms with E-state index in [1.54, 1.807) is 24.3 Å². The number of thioether (sulfide) groups is 1. The smallest absolute Gasteiger partial charge is 0.244 e. The van der Waals surface area contributed by atoms with Crippen molar-refractivity contribution in [2.24, 2.45) is 0 Å². The van der Waals surface area contributed by atoms with Crippen LogP contribution in [0.3, 0.4) is 0 Å². The first kappa shape index (κ1) is 21.6.